The molecule has 2 heterocycles. The molecule has 7 heteroatoms. The number of hydrogen-bond acceptors (Lipinski definition) is 7. The summed E-state index contributed by atoms with van der Waals surface area (Å²) in [6, 6.07) is 8.96. The normalized spacial score (nSPS) is 20.7. The third-order valence-corrected chi connectivity index (χ3v) is 7.01. The Hall–Kier alpha value is -2.69. The highest BCUT2D eigenvalue weighted by Crippen LogP contribution is 2.38. The molecule has 2 aliphatic carbocycles. The highest BCUT2D eigenvalue weighted by Gasteiger charge is 2.33. The van der Waals surface area contributed by atoms with Crippen LogP contribution in [0.25, 0.3) is 11.3 Å². The lowest BCUT2D eigenvalue weighted by Crippen LogP contribution is -2.43. The molecule has 33 heavy (non-hydrogen) atoms. The highest BCUT2D eigenvalue weighted by atomic mass is 16.7. The first kappa shape index (κ1) is 22.1. The van der Waals surface area contributed by atoms with Gasteiger partial charge in [-0.2, -0.15) is 5.26 Å². The Balaban J connectivity index is 1.44. The van der Waals surface area contributed by atoms with E-state index in [9.17, 15) is 5.26 Å². The smallest absolute Gasteiger partial charge is 0.189 e. The molecular weight excluding hydrogens is 414 g/mol. The molecule has 0 amide bonds. The van der Waals surface area contributed by atoms with E-state index in [4.69, 9.17) is 19.7 Å². The van der Waals surface area contributed by atoms with Gasteiger partial charge in [-0.3, -0.25) is 4.90 Å². The van der Waals surface area contributed by atoms with Gasteiger partial charge in [0.1, 0.15) is 11.4 Å². The lowest BCUT2D eigenvalue weighted by molar-refractivity contribution is 0.0227. The maximum Gasteiger partial charge on any atom is 0.189 e. The molecule has 1 N–H and O–H groups in total. The molecular formula is C26H33N5O2. The van der Waals surface area contributed by atoms with E-state index in [-0.39, 0.29) is 6.79 Å². The summed E-state index contributed by atoms with van der Waals surface area (Å²) in [7, 11) is 0. The molecule has 7 nitrogen and oxygen atoms in total. The molecule has 0 radical (unpaired) electrons. The number of rotatable bonds is 8. The number of nitrogens with one attached hydrogen (secondary N) is 1. The van der Waals surface area contributed by atoms with Gasteiger partial charge in [0.2, 0.25) is 0 Å². The van der Waals surface area contributed by atoms with Crippen molar-refractivity contribution in [2.75, 3.05) is 31.8 Å². The van der Waals surface area contributed by atoms with Gasteiger partial charge in [-0.1, -0.05) is 0 Å². The van der Waals surface area contributed by atoms with Gasteiger partial charge in [0, 0.05) is 36.4 Å². The third-order valence-electron chi connectivity index (χ3n) is 7.01. The van der Waals surface area contributed by atoms with Crippen LogP contribution in [0.4, 0.5) is 5.82 Å². The fraction of sp³-hybridized carbons (Fsp3) is 0.577. The molecule has 5 rings (SSSR count). The third kappa shape index (κ3) is 4.97. The number of anilines is 1. The van der Waals surface area contributed by atoms with E-state index in [1.165, 1.54) is 49.8 Å². The lowest BCUT2D eigenvalue weighted by Gasteiger charge is -2.34. The summed E-state index contributed by atoms with van der Waals surface area (Å²) in [6.07, 6.45) is 9.47. The van der Waals surface area contributed by atoms with E-state index in [1.807, 2.05) is 19.1 Å². The number of nitriles is 1. The zero-order valence-corrected chi connectivity index (χ0v) is 19.5. The average Bonchev–Trinajstić information content (AvgIpc) is 3.71. The van der Waals surface area contributed by atoms with Gasteiger partial charge in [-0.15, -0.1) is 10.2 Å². The Bertz CT molecular complexity index is 1030. The molecule has 0 bridgehead atoms. The van der Waals surface area contributed by atoms with Gasteiger partial charge in [-0.05, 0) is 88.6 Å². The Morgan fingerprint density at radius 1 is 1.12 bits per heavy atom. The SMILES string of the molecule is CCOCOc1cc(C#N)ccc1-c1nnc(N[C@@H]2CCCN(C3CC3)C2)c2c1CCCC2. The maximum atomic E-state index is 9.36. The van der Waals surface area contributed by atoms with Crippen molar-refractivity contribution in [1.82, 2.24) is 15.1 Å². The van der Waals surface area contributed by atoms with Crippen LogP contribution in [-0.2, 0) is 17.6 Å². The topological polar surface area (TPSA) is 83.3 Å². The van der Waals surface area contributed by atoms with Gasteiger partial charge < -0.3 is 14.8 Å². The van der Waals surface area contributed by atoms with Crippen LogP contribution in [0.15, 0.2) is 18.2 Å². The monoisotopic (exact) mass is 447 g/mol. The second kappa shape index (κ2) is 10.1. The molecule has 2 aromatic rings. The zero-order valence-electron chi connectivity index (χ0n) is 19.5. The van der Waals surface area contributed by atoms with E-state index < -0.39 is 0 Å². The molecule has 3 aliphatic rings. The predicted molar refractivity (Wildman–Crippen MR) is 127 cm³/mol. The van der Waals surface area contributed by atoms with Crippen LogP contribution < -0.4 is 10.1 Å². The summed E-state index contributed by atoms with van der Waals surface area (Å²) >= 11 is 0. The minimum Gasteiger partial charge on any atom is -0.467 e. The predicted octanol–water partition coefficient (Wildman–Crippen LogP) is 4.31. The number of fused-ring (bicyclic) bond motifs is 1. The Morgan fingerprint density at radius 2 is 1.97 bits per heavy atom. The first-order chi connectivity index (χ1) is 16.3. The maximum absolute atomic E-state index is 9.36. The first-order valence-corrected chi connectivity index (χ1v) is 12.4. The molecule has 1 atom stereocenters. The van der Waals surface area contributed by atoms with Crippen LogP contribution >= 0.6 is 0 Å². The Kier molecular flexibility index (Phi) is 6.75. The quantitative estimate of drug-likeness (QED) is 0.477. The van der Waals surface area contributed by atoms with Crippen molar-refractivity contribution in [3.8, 4) is 23.1 Å². The van der Waals surface area contributed by atoms with E-state index in [0.29, 0.717) is 24.0 Å². The summed E-state index contributed by atoms with van der Waals surface area (Å²) in [4.78, 5) is 2.65. The highest BCUT2D eigenvalue weighted by molar-refractivity contribution is 5.74. The summed E-state index contributed by atoms with van der Waals surface area (Å²) < 4.78 is 11.3. The van der Waals surface area contributed by atoms with Gasteiger partial charge in [0.05, 0.1) is 11.6 Å². The Labute approximate surface area is 196 Å². The molecule has 1 saturated heterocycles. The first-order valence-electron chi connectivity index (χ1n) is 12.4. The summed E-state index contributed by atoms with van der Waals surface area (Å²) in [6.45, 7) is 4.98. The number of likely N-dealkylation sites (tertiary alicyclic amines) is 1. The van der Waals surface area contributed by atoms with Crippen molar-refractivity contribution >= 4 is 5.82 Å². The van der Waals surface area contributed by atoms with Crippen LogP contribution in [0, 0.1) is 11.3 Å². The standard InChI is InChI=1S/C26H33N5O2/c1-2-32-17-33-24-14-18(15-27)9-12-23(24)25-21-7-3-4-8-22(21)26(30-29-25)28-19-6-5-13-31(16-19)20-10-11-20/h9,12,14,19-20H,2-8,10-11,13,16-17H2,1H3,(H,28,30)/t19-/m1/s1. The fourth-order valence-corrected chi connectivity index (χ4v) is 5.17. The van der Waals surface area contributed by atoms with Crippen LogP contribution in [-0.4, -0.2) is 53.7 Å². The molecule has 174 valence electrons. The molecule has 1 aliphatic heterocycles. The van der Waals surface area contributed by atoms with Crippen molar-refractivity contribution in [2.24, 2.45) is 0 Å². The van der Waals surface area contributed by atoms with Crippen molar-refractivity contribution in [3.63, 3.8) is 0 Å². The van der Waals surface area contributed by atoms with Crippen molar-refractivity contribution in [3.05, 3.63) is 34.9 Å². The minimum absolute atomic E-state index is 0.146. The van der Waals surface area contributed by atoms with Crippen molar-refractivity contribution < 1.29 is 9.47 Å². The number of aromatic nitrogens is 2. The minimum atomic E-state index is 0.146. The van der Waals surface area contributed by atoms with Crippen molar-refractivity contribution in [2.45, 2.75) is 70.4 Å². The average molecular weight is 448 g/mol. The second-order valence-electron chi connectivity index (χ2n) is 9.35. The fourth-order valence-electron chi connectivity index (χ4n) is 5.17. The molecule has 1 aromatic heterocycles. The lowest BCUT2D eigenvalue weighted by atomic mass is 9.88. The van der Waals surface area contributed by atoms with Crippen LogP contribution in [0.3, 0.4) is 0 Å². The largest absolute Gasteiger partial charge is 0.467 e. The van der Waals surface area contributed by atoms with E-state index in [2.05, 4.69) is 16.3 Å². The summed E-state index contributed by atoms with van der Waals surface area (Å²) in [5.74, 6) is 1.58. The van der Waals surface area contributed by atoms with E-state index in [1.54, 1.807) is 6.07 Å². The van der Waals surface area contributed by atoms with Crippen LogP contribution in [0.2, 0.25) is 0 Å². The summed E-state index contributed by atoms with van der Waals surface area (Å²) in [5.41, 5.74) is 4.87. The van der Waals surface area contributed by atoms with E-state index >= 15 is 0 Å². The molecule has 2 fully saturated rings. The number of ether oxygens (including phenoxy) is 2. The molecule has 1 saturated carbocycles. The molecule has 0 spiro atoms. The van der Waals surface area contributed by atoms with Gasteiger partial charge in [0.25, 0.3) is 0 Å². The van der Waals surface area contributed by atoms with Gasteiger partial charge in [-0.25, -0.2) is 0 Å². The van der Waals surface area contributed by atoms with Gasteiger partial charge >= 0.3 is 0 Å². The number of benzene rings is 1. The molecule has 0 unspecified atom stereocenters. The van der Waals surface area contributed by atoms with Crippen LogP contribution in [0.5, 0.6) is 5.75 Å². The number of piperidine rings is 1. The number of hydrogen-bond donors (Lipinski definition) is 1. The van der Waals surface area contributed by atoms with E-state index in [0.717, 1.165) is 48.9 Å². The second-order valence-corrected chi connectivity index (χ2v) is 9.35. The summed E-state index contributed by atoms with van der Waals surface area (Å²) in [5, 5.41) is 22.5. The van der Waals surface area contributed by atoms with Gasteiger partial charge in [0.15, 0.2) is 12.6 Å². The Morgan fingerprint density at radius 3 is 2.76 bits per heavy atom. The molecule has 1 aromatic carbocycles. The van der Waals surface area contributed by atoms with Crippen molar-refractivity contribution in [1.29, 1.82) is 5.26 Å². The zero-order chi connectivity index (χ0) is 22.6. The van der Waals surface area contributed by atoms with Crippen LogP contribution in [0.1, 0.15) is 62.1 Å². The number of nitrogens with zero attached hydrogens (tertiary/aromatic N) is 4.